The monoisotopic (exact) mass is 232 g/mol. The van der Waals surface area contributed by atoms with Crippen LogP contribution in [0.3, 0.4) is 0 Å². The van der Waals surface area contributed by atoms with Gasteiger partial charge in [0.2, 0.25) is 5.95 Å². The normalized spacial score (nSPS) is 29.4. The first-order valence-electron chi connectivity index (χ1n) is 6.56. The van der Waals surface area contributed by atoms with Gasteiger partial charge in [-0.05, 0) is 38.2 Å². The van der Waals surface area contributed by atoms with Crippen molar-refractivity contribution in [3.05, 3.63) is 18.0 Å². The molecule has 0 amide bonds. The molecule has 1 N–H and O–H groups in total. The zero-order valence-corrected chi connectivity index (χ0v) is 10.6. The molecule has 0 radical (unpaired) electrons. The van der Waals surface area contributed by atoms with Crippen molar-refractivity contribution in [3.8, 4) is 0 Å². The molecule has 17 heavy (non-hydrogen) atoms. The SMILES string of the molecule is CC1CNCC(C)N1c1ncc(C2CC2)cn1. The highest BCUT2D eigenvalue weighted by atomic mass is 15.3. The van der Waals surface area contributed by atoms with Gasteiger partial charge in [0.05, 0.1) is 0 Å². The number of hydrogen-bond donors (Lipinski definition) is 1. The minimum atomic E-state index is 0.463. The van der Waals surface area contributed by atoms with Crippen LogP contribution < -0.4 is 10.2 Å². The summed E-state index contributed by atoms with van der Waals surface area (Å²) in [6.07, 6.45) is 6.65. The topological polar surface area (TPSA) is 41.0 Å². The van der Waals surface area contributed by atoms with Gasteiger partial charge in [-0.25, -0.2) is 9.97 Å². The predicted octanol–water partition coefficient (Wildman–Crippen LogP) is 1.54. The zero-order valence-electron chi connectivity index (χ0n) is 10.6. The molecule has 2 aliphatic rings. The van der Waals surface area contributed by atoms with Crippen LogP contribution in [0.5, 0.6) is 0 Å². The lowest BCUT2D eigenvalue weighted by Crippen LogP contribution is -2.55. The van der Waals surface area contributed by atoms with E-state index in [1.165, 1.54) is 18.4 Å². The van der Waals surface area contributed by atoms with Gasteiger partial charge >= 0.3 is 0 Å². The molecule has 1 saturated heterocycles. The quantitative estimate of drug-likeness (QED) is 0.840. The predicted molar refractivity (Wildman–Crippen MR) is 68.3 cm³/mol. The van der Waals surface area contributed by atoms with E-state index in [4.69, 9.17) is 0 Å². The van der Waals surface area contributed by atoms with Crippen LogP contribution in [-0.2, 0) is 0 Å². The largest absolute Gasteiger partial charge is 0.333 e. The molecule has 1 aliphatic heterocycles. The standard InChI is InChI=1S/C13H20N4/c1-9-5-14-6-10(2)17(9)13-15-7-12(8-16-13)11-3-4-11/h7-11,14H,3-6H2,1-2H3. The van der Waals surface area contributed by atoms with Crippen LogP contribution in [0.1, 0.15) is 38.2 Å². The maximum Gasteiger partial charge on any atom is 0.225 e. The number of hydrogen-bond acceptors (Lipinski definition) is 4. The zero-order chi connectivity index (χ0) is 11.8. The Kier molecular flexibility index (Phi) is 2.74. The highest BCUT2D eigenvalue weighted by molar-refractivity contribution is 5.35. The maximum absolute atomic E-state index is 4.55. The van der Waals surface area contributed by atoms with E-state index in [-0.39, 0.29) is 0 Å². The number of nitrogens with zero attached hydrogens (tertiary/aromatic N) is 3. The van der Waals surface area contributed by atoms with E-state index in [9.17, 15) is 0 Å². The van der Waals surface area contributed by atoms with Gasteiger partial charge in [-0.1, -0.05) is 0 Å². The van der Waals surface area contributed by atoms with Gasteiger partial charge in [-0.2, -0.15) is 0 Å². The molecule has 2 heterocycles. The average molecular weight is 232 g/mol. The fraction of sp³-hybridized carbons (Fsp3) is 0.692. The Morgan fingerprint density at radius 3 is 2.24 bits per heavy atom. The third-order valence-corrected chi connectivity index (χ3v) is 3.77. The van der Waals surface area contributed by atoms with Gasteiger partial charge in [0.15, 0.2) is 0 Å². The summed E-state index contributed by atoms with van der Waals surface area (Å²) in [4.78, 5) is 11.4. The molecule has 2 atom stereocenters. The molecule has 2 fully saturated rings. The summed E-state index contributed by atoms with van der Waals surface area (Å²) in [7, 11) is 0. The van der Waals surface area contributed by atoms with E-state index in [0.717, 1.165) is 25.0 Å². The van der Waals surface area contributed by atoms with Gasteiger partial charge in [-0.15, -0.1) is 0 Å². The van der Waals surface area contributed by atoms with Crippen LogP contribution in [0.15, 0.2) is 12.4 Å². The number of nitrogens with one attached hydrogen (secondary N) is 1. The van der Waals surface area contributed by atoms with Crippen molar-refractivity contribution in [3.63, 3.8) is 0 Å². The van der Waals surface area contributed by atoms with E-state index in [2.05, 4.69) is 34.0 Å². The molecule has 1 saturated carbocycles. The molecular weight excluding hydrogens is 212 g/mol. The Balaban J connectivity index is 1.81. The molecular formula is C13H20N4. The average Bonchev–Trinajstić information content (AvgIpc) is 3.14. The summed E-state index contributed by atoms with van der Waals surface area (Å²) in [5.41, 5.74) is 1.31. The Bertz CT molecular complexity index is 375. The highest BCUT2D eigenvalue weighted by Gasteiger charge is 2.28. The second-order valence-electron chi connectivity index (χ2n) is 5.35. The molecule has 3 rings (SSSR count). The summed E-state index contributed by atoms with van der Waals surface area (Å²) >= 11 is 0. The summed E-state index contributed by atoms with van der Waals surface area (Å²) in [5.74, 6) is 1.62. The van der Waals surface area contributed by atoms with Crippen molar-refractivity contribution < 1.29 is 0 Å². The van der Waals surface area contributed by atoms with Crippen LogP contribution in [-0.4, -0.2) is 35.1 Å². The molecule has 0 bridgehead atoms. The van der Waals surface area contributed by atoms with Gasteiger partial charge in [-0.3, -0.25) is 0 Å². The van der Waals surface area contributed by atoms with E-state index in [0.29, 0.717) is 12.1 Å². The van der Waals surface area contributed by atoms with E-state index >= 15 is 0 Å². The lowest BCUT2D eigenvalue weighted by molar-refractivity contribution is 0.425. The minimum absolute atomic E-state index is 0.463. The Morgan fingerprint density at radius 1 is 1.12 bits per heavy atom. The van der Waals surface area contributed by atoms with Crippen molar-refractivity contribution in [2.24, 2.45) is 0 Å². The summed E-state index contributed by atoms with van der Waals surface area (Å²) < 4.78 is 0. The third-order valence-electron chi connectivity index (χ3n) is 3.77. The molecule has 1 aromatic heterocycles. The van der Waals surface area contributed by atoms with E-state index in [1.807, 2.05) is 12.4 Å². The van der Waals surface area contributed by atoms with Crippen LogP contribution >= 0.6 is 0 Å². The van der Waals surface area contributed by atoms with Crippen LogP contribution in [0.25, 0.3) is 0 Å². The van der Waals surface area contributed by atoms with Gasteiger partial charge < -0.3 is 10.2 Å². The van der Waals surface area contributed by atoms with E-state index < -0.39 is 0 Å². The Hall–Kier alpha value is -1.16. The van der Waals surface area contributed by atoms with Crippen LogP contribution in [0.4, 0.5) is 5.95 Å². The maximum atomic E-state index is 4.55. The number of anilines is 1. The first kappa shape index (κ1) is 11.0. The third kappa shape index (κ3) is 2.14. The molecule has 4 heteroatoms. The lowest BCUT2D eigenvalue weighted by atomic mass is 10.1. The second kappa shape index (κ2) is 4.26. The van der Waals surface area contributed by atoms with Crippen molar-refractivity contribution in [2.75, 3.05) is 18.0 Å². The van der Waals surface area contributed by atoms with Crippen LogP contribution in [0.2, 0.25) is 0 Å². The summed E-state index contributed by atoms with van der Waals surface area (Å²) in [6, 6.07) is 0.927. The second-order valence-corrected chi connectivity index (χ2v) is 5.35. The van der Waals surface area contributed by atoms with Crippen molar-refractivity contribution in [2.45, 2.75) is 44.7 Å². The highest BCUT2D eigenvalue weighted by Crippen LogP contribution is 2.39. The van der Waals surface area contributed by atoms with Gasteiger partial charge in [0.1, 0.15) is 0 Å². The van der Waals surface area contributed by atoms with E-state index in [1.54, 1.807) is 0 Å². The Labute approximate surface area is 102 Å². The molecule has 2 unspecified atom stereocenters. The fourth-order valence-electron chi connectivity index (χ4n) is 2.62. The Morgan fingerprint density at radius 2 is 1.71 bits per heavy atom. The molecule has 4 nitrogen and oxygen atoms in total. The molecule has 1 aliphatic carbocycles. The number of piperazine rings is 1. The van der Waals surface area contributed by atoms with Gasteiger partial charge in [0.25, 0.3) is 0 Å². The number of rotatable bonds is 2. The summed E-state index contributed by atoms with van der Waals surface area (Å²) in [5, 5.41) is 3.43. The molecule has 0 aromatic carbocycles. The summed E-state index contributed by atoms with van der Waals surface area (Å²) in [6.45, 7) is 6.47. The molecule has 0 spiro atoms. The van der Waals surface area contributed by atoms with Crippen molar-refractivity contribution in [1.82, 2.24) is 15.3 Å². The first-order chi connectivity index (χ1) is 8.25. The van der Waals surface area contributed by atoms with Crippen molar-refractivity contribution >= 4 is 5.95 Å². The molecule has 92 valence electrons. The number of aromatic nitrogens is 2. The fourth-order valence-corrected chi connectivity index (χ4v) is 2.62. The molecule has 1 aromatic rings. The smallest absolute Gasteiger partial charge is 0.225 e. The van der Waals surface area contributed by atoms with Crippen LogP contribution in [0, 0.1) is 0 Å². The minimum Gasteiger partial charge on any atom is -0.333 e. The lowest BCUT2D eigenvalue weighted by Gasteiger charge is -2.39. The van der Waals surface area contributed by atoms with Gasteiger partial charge in [0, 0.05) is 37.6 Å². The first-order valence-corrected chi connectivity index (χ1v) is 6.56. The van der Waals surface area contributed by atoms with Crippen molar-refractivity contribution in [1.29, 1.82) is 0 Å².